The van der Waals surface area contributed by atoms with Gasteiger partial charge in [0.2, 0.25) is 10.0 Å². The van der Waals surface area contributed by atoms with Gasteiger partial charge in [-0.2, -0.15) is 4.31 Å². The molecule has 1 aliphatic rings. The smallest absolute Gasteiger partial charge is 0.243 e. The zero-order valence-electron chi connectivity index (χ0n) is 12.1. The molecule has 0 aliphatic carbocycles. The van der Waals surface area contributed by atoms with E-state index in [1.54, 1.807) is 19.2 Å². The van der Waals surface area contributed by atoms with Gasteiger partial charge in [-0.25, -0.2) is 8.42 Å². The molecule has 0 saturated carbocycles. The molecule has 21 heavy (non-hydrogen) atoms. The van der Waals surface area contributed by atoms with E-state index >= 15 is 0 Å². The summed E-state index contributed by atoms with van der Waals surface area (Å²) >= 11 is 0. The highest BCUT2D eigenvalue weighted by molar-refractivity contribution is 7.89. The molecule has 0 aromatic heterocycles. The molecule has 1 atom stereocenters. The van der Waals surface area contributed by atoms with Crippen molar-refractivity contribution < 1.29 is 8.42 Å². The Bertz CT molecular complexity index is 737. The van der Waals surface area contributed by atoms with Gasteiger partial charge in [0.05, 0.1) is 4.90 Å². The van der Waals surface area contributed by atoms with Crippen LogP contribution in [0.15, 0.2) is 47.4 Å². The van der Waals surface area contributed by atoms with Crippen LogP contribution in [0, 0.1) is 0 Å². The van der Waals surface area contributed by atoms with Crippen LogP contribution in [0.1, 0.15) is 12.8 Å². The van der Waals surface area contributed by atoms with Gasteiger partial charge in [-0.15, -0.1) is 0 Å². The van der Waals surface area contributed by atoms with Crippen molar-refractivity contribution >= 4 is 20.8 Å². The minimum Gasteiger partial charge on any atom is -0.315 e. The molecule has 1 N–H and O–H groups in total. The van der Waals surface area contributed by atoms with Crippen LogP contribution in [0.5, 0.6) is 0 Å². The van der Waals surface area contributed by atoms with Gasteiger partial charge in [0.15, 0.2) is 0 Å². The Balaban J connectivity index is 1.95. The first-order valence-corrected chi connectivity index (χ1v) is 8.70. The Morgan fingerprint density at radius 1 is 1.14 bits per heavy atom. The number of hydrogen-bond donors (Lipinski definition) is 1. The average molecular weight is 304 g/mol. The SMILES string of the molecule is CN(C1CCCNC1)S(=O)(=O)c1ccc2ccccc2c1. The van der Waals surface area contributed by atoms with Crippen LogP contribution in [-0.4, -0.2) is 38.9 Å². The molecule has 1 heterocycles. The Kier molecular flexibility index (Phi) is 3.97. The molecule has 0 radical (unpaired) electrons. The summed E-state index contributed by atoms with van der Waals surface area (Å²) in [6.45, 7) is 1.70. The maximum atomic E-state index is 12.8. The molecule has 1 unspecified atom stereocenters. The second kappa shape index (κ2) is 5.75. The molecule has 4 nitrogen and oxygen atoms in total. The van der Waals surface area contributed by atoms with Gasteiger partial charge in [0.25, 0.3) is 0 Å². The quantitative estimate of drug-likeness (QED) is 0.946. The third-order valence-corrected chi connectivity index (χ3v) is 6.09. The van der Waals surface area contributed by atoms with E-state index in [-0.39, 0.29) is 6.04 Å². The predicted octanol–water partition coefficient (Wildman–Crippen LogP) is 2.21. The number of fused-ring (bicyclic) bond motifs is 1. The molecule has 0 bridgehead atoms. The van der Waals surface area contributed by atoms with Gasteiger partial charge < -0.3 is 5.32 Å². The maximum absolute atomic E-state index is 12.8. The summed E-state index contributed by atoms with van der Waals surface area (Å²) in [5.74, 6) is 0. The molecule has 2 aromatic carbocycles. The predicted molar refractivity (Wildman–Crippen MR) is 84.8 cm³/mol. The molecule has 0 spiro atoms. The minimum atomic E-state index is -3.44. The first-order chi connectivity index (χ1) is 10.1. The summed E-state index contributed by atoms with van der Waals surface area (Å²) in [7, 11) is -1.75. The van der Waals surface area contributed by atoms with Crippen LogP contribution in [0.4, 0.5) is 0 Å². The van der Waals surface area contributed by atoms with Crippen molar-refractivity contribution in [2.24, 2.45) is 0 Å². The summed E-state index contributed by atoms with van der Waals surface area (Å²) in [5, 5.41) is 5.27. The fourth-order valence-electron chi connectivity index (χ4n) is 2.83. The number of nitrogens with one attached hydrogen (secondary N) is 1. The fourth-order valence-corrected chi connectivity index (χ4v) is 4.26. The number of hydrogen-bond acceptors (Lipinski definition) is 3. The lowest BCUT2D eigenvalue weighted by Crippen LogP contribution is -2.46. The second-order valence-electron chi connectivity index (χ2n) is 5.53. The van der Waals surface area contributed by atoms with E-state index in [0.29, 0.717) is 4.90 Å². The topological polar surface area (TPSA) is 49.4 Å². The summed E-state index contributed by atoms with van der Waals surface area (Å²) < 4.78 is 27.1. The zero-order chi connectivity index (χ0) is 14.9. The molecule has 1 fully saturated rings. The second-order valence-corrected chi connectivity index (χ2v) is 7.53. The van der Waals surface area contributed by atoms with Crippen molar-refractivity contribution in [3.8, 4) is 0 Å². The zero-order valence-corrected chi connectivity index (χ0v) is 12.9. The van der Waals surface area contributed by atoms with Gasteiger partial charge in [-0.3, -0.25) is 0 Å². The van der Waals surface area contributed by atoms with Crippen LogP contribution in [0.2, 0.25) is 0 Å². The first kappa shape index (κ1) is 14.5. The number of benzene rings is 2. The molecule has 112 valence electrons. The lowest BCUT2D eigenvalue weighted by atomic mass is 10.1. The number of likely N-dealkylation sites (N-methyl/N-ethyl adjacent to an activating group) is 1. The van der Waals surface area contributed by atoms with Gasteiger partial charge in [0.1, 0.15) is 0 Å². The summed E-state index contributed by atoms with van der Waals surface area (Å²) in [4.78, 5) is 0.370. The number of nitrogens with zero attached hydrogens (tertiary/aromatic N) is 1. The Hall–Kier alpha value is -1.43. The van der Waals surface area contributed by atoms with E-state index in [0.717, 1.165) is 36.7 Å². The normalized spacial score (nSPS) is 20.0. The summed E-state index contributed by atoms with van der Waals surface area (Å²) in [6, 6.07) is 13.2. The number of piperidine rings is 1. The van der Waals surface area contributed by atoms with Gasteiger partial charge in [0, 0.05) is 19.6 Å². The maximum Gasteiger partial charge on any atom is 0.243 e. The number of rotatable bonds is 3. The highest BCUT2D eigenvalue weighted by Gasteiger charge is 2.28. The molecule has 3 rings (SSSR count). The van der Waals surface area contributed by atoms with Crippen LogP contribution in [0.25, 0.3) is 10.8 Å². The molecule has 1 aliphatic heterocycles. The minimum absolute atomic E-state index is 0.0372. The van der Waals surface area contributed by atoms with Gasteiger partial charge >= 0.3 is 0 Å². The highest BCUT2D eigenvalue weighted by Crippen LogP contribution is 2.23. The highest BCUT2D eigenvalue weighted by atomic mass is 32.2. The fraction of sp³-hybridized carbons (Fsp3) is 0.375. The van der Waals surface area contributed by atoms with E-state index in [2.05, 4.69) is 5.32 Å². The van der Waals surface area contributed by atoms with Gasteiger partial charge in [-0.1, -0.05) is 30.3 Å². The van der Waals surface area contributed by atoms with Crippen molar-refractivity contribution in [3.05, 3.63) is 42.5 Å². The summed E-state index contributed by atoms with van der Waals surface area (Å²) in [6.07, 6.45) is 1.93. The monoisotopic (exact) mass is 304 g/mol. The molecule has 0 amide bonds. The van der Waals surface area contributed by atoms with Crippen molar-refractivity contribution in [1.82, 2.24) is 9.62 Å². The van der Waals surface area contributed by atoms with E-state index < -0.39 is 10.0 Å². The van der Waals surface area contributed by atoms with Gasteiger partial charge in [-0.05, 0) is 42.3 Å². The average Bonchev–Trinajstić information content (AvgIpc) is 2.54. The van der Waals surface area contributed by atoms with E-state index in [9.17, 15) is 8.42 Å². The third-order valence-electron chi connectivity index (χ3n) is 4.18. The molecule has 2 aromatic rings. The van der Waals surface area contributed by atoms with Crippen molar-refractivity contribution in [2.75, 3.05) is 20.1 Å². The van der Waals surface area contributed by atoms with E-state index in [1.807, 2.05) is 30.3 Å². The lowest BCUT2D eigenvalue weighted by Gasteiger charge is -2.31. The molecule has 1 saturated heterocycles. The Morgan fingerprint density at radius 3 is 2.62 bits per heavy atom. The number of sulfonamides is 1. The standard InChI is InChI=1S/C16H20N2O2S/c1-18(15-7-4-10-17-12-15)21(19,20)16-9-8-13-5-2-3-6-14(13)11-16/h2-3,5-6,8-9,11,15,17H,4,7,10,12H2,1H3. The van der Waals surface area contributed by atoms with E-state index in [4.69, 9.17) is 0 Å². The van der Waals surface area contributed by atoms with Crippen molar-refractivity contribution in [3.63, 3.8) is 0 Å². The Labute approximate surface area is 125 Å². The van der Waals surface area contributed by atoms with Crippen LogP contribution >= 0.6 is 0 Å². The van der Waals surface area contributed by atoms with Crippen LogP contribution < -0.4 is 5.32 Å². The van der Waals surface area contributed by atoms with Crippen LogP contribution in [-0.2, 0) is 10.0 Å². The molecular formula is C16H20N2O2S. The third kappa shape index (κ3) is 2.81. The van der Waals surface area contributed by atoms with E-state index in [1.165, 1.54) is 4.31 Å². The molecular weight excluding hydrogens is 284 g/mol. The Morgan fingerprint density at radius 2 is 1.90 bits per heavy atom. The largest absolute Gasteiger partial charge is 0.315 e. The first-order valence-electron chi connectivity index (χ1n) is 7.26. The molecule has 5 heteroatoms. The lowest BCUT2D eigenvalue weighted by molar-refractivity contribution is 0.300. The van der Waals surface area contributed by atoms with Crippen molar-refractivity contribution in [2.45, 2.75) is 23.8 Å². The van der Waals surface area contributed by atoms with Crippen molar-refractivity contribution in [1.29, 1.82) is 0 Å². The summed E-state index contributed by atoms with van der Waals surface area (Å²) in [5.41, 5.74) is 0. The van der Waals surface area contributed by atoms with Crippen LogP contribution in [0.3, 0.4) is 0 Å².